The lowest BCUT2D eigenvalue weighted by molar-refractivity contribution is 0.0691. The number of nitrogens with one attached hydrogen (secondary N) is 1. The van der Waals surface area contributed by atoms with E-state index in [1.807, 2.05) is 38.1 Å². The van der Waals surface area contributed by atoms with Crippen LogP contribution in [-0.4, -0.2) is 40.4 Å². The molecule has 6 rings (SSSR count). The van der Waals surface area contributed by atoms with Crippen molar-refractivity contribution in [3.8, 4) is 0 Å². The minimum Gasteiger partial charge on any atom is -0.476 e. The van der Waals surface area contributed by atoms with E-state index >= 15 is 0 Å². The molecule has 2 N–H and O–H groups in total. The van der Waals surface area contributed by atoms with E-state index in [2.05, 4.69) is 37.4 Å². The van der Waals surface area contributed by atoms with Crippen LogP contribution in [0.2, 0.25) is 5.15 Å². The highest BCUT2D eigenvalue weighted by atomic mass is 35.5. The number of hydrogen-bond donors (Lipinski definition) is 2. The molecule has 0 unspecified atom stereocenters. The van der Waals surface area contributed by atoms with Crippen molar-refractivity contribution in [1.82, 2.24) is 29.3 Å². The fourth-order valence-electron chi connectivity index (χ4n) is 5.30. The molecule has 0 saturated carbocycles. The van der Waals surface area contributed by atoms with Crippen LogP contribution in [0.3, 0.4) is 0 Å². The first-order valence-corrected chi connectivity index (χ1v) is 13.4. The Morgan fingerprint density at radius 1 is 1.12 bits per heavy atom. The van der Waals surface area contributed by atoms with E-state index in [0.717, 1.165) is 11.1 Å². The van der Waals surface area contributed by atoms with Crippen LogP contribution in [0.1, 0.15) is 51.5 Å². The molecule has 3 aromatic heterocycles. The fourth-order valence-corrected chi connectivity index (χ4v) is 5.45. The zero-order valence-corrected chi connectivity index (χ0v) is 23.4. The van der Waals surface area contributed by atoms with E-state index in [9.17, 15) is 14.7 Å². The average molecular weight is 571 g/mol. The summed E-state index contributed by atoms with van der Waals surface area (Å²) in [6.45, 7) is 5.19. The lowest BCUT2D eigenvalue weighted by Gasteiger charge is -2.24. The number of halogens is 1. The topological polar surface area (TPSA) is 131 Å². The van der Waals surface area contributed by atoms with Gasteiger partial charge in [0.05, 0.1) is 29.2 Å². The zero-order chi connectivity index (χ0) is 28.8. The summed E-state index contributed by atoms with van der Waals surface area (Å²) in [4.78, 5) is 41.5. The number of carboxylic acid groups (broad SMARTS) is 1. The van der Waals surface area contributed by atoms with Gasteiger partial charge >= 0.3 is 5.97 Å². The molecule has 0 saturated heterocycles. The standard InChI is InChI=1S/C29H27ClN8O3/c1-16-10-20(17(2)32-22-8-9-23(30)33-26(22)28(40)41)25-21(11-16)27(39)38(14-24-31-15-36(3)35-24)29(34-25)37-12-18-6-4-5-7-19(18)13-37/h4-11,15,17,32H,12-14H2,1-3H3,(H,40,41)/t17-/m1/s1. The normalized spacial score (nSPS) is 13.4. The Morgan fingerprint density at radius 3 is 2.51 bits per heavy atom. The lowest BCUT2D eigenvalue weighted by Crippen LogP contribution is -2.31. The smallest absolute Gasteiger partial charge is 0.356 e. The first-order valence-electron chi connectivity index (χ1n) is 13.1. The molecule has 12 heteroatoms. The van der Waals surface area contributed by atoms with Gasteiger partial charge in [-0.3, -0.25) is 14.0 Å². The van der Waals surface area contributed by atoms with Gasteiger partial charge in [0.25, 0.3) is 5.56 Å². The maximum atomic E-state index is 14.2. The van der Waals surface area contributed by atoms with Gasteiger partial charge in [-0.1, -0.05) is 41.9 Å². The summed E-state index contributed by atoms with van der Waals surface area (Å²) >= 11 is 5.95. The fraction of sp³-hybridized carbons (Fsp3) is 0.241. The summed E-state index contributed by atoms with van der Waals surface area (Å²) in [6.07, 6.45) is 1.60. The molecule has 0 amide bonds. The van der Waals surface area contributed by atoms with Crippen molar-refractivity contribution in [1.29, 1.82) is 0 Å². The van der Waals surface area contributed by atoms with Gasteiger partial charge in [-0.2, -0.15) is 5.10 Å². The Labute approximate surface area is 240 Å². The van der Waals surface area contributed by atoms with Gasteiger partial charge in [0.15, 0.2) is 11.5 Å². The lowest BCUT2D eigenvalue weighted by atomic mass is 10.0. The summed E-state index contributed by atoms with van der Waals surface area (Å²) in [5.74, 6) is -0.174. The van der Waals surface area contributed by atoms with Crippen LogP contribution < -0.4 is 15.8 Å². The molecule has 5 aromatic rings. The summed E-state index contributed by atoms with van der Waals surface area (Å²) < 4.78 is 3.24. The summed E-state index contributed by atoms with van der Waals surface area (Å²) in [6, 6.07) is 14.7. The third kappa shape index (κ3) is 5.00. The highest BCUT2D eigenvalue weighted by molar-refractivity contribution is 6.29. The molecular weight excluding hydrogens is 544 g/mol. The maximum Gasteiger partial charge on any atom is 0.356 e. The predicted octanol–water partition coefficient (Wildman–Crippen LogP) is 4.32. The molecule has 0 fully saturated rings. The minimum absolute atomic E-state index is 0.0856. The van der Waals surface area contributed by atoms with E-state index < -0.39 is 12.0 Å². The minimum atomic E-state index is -1.20. The van der Waals surface area contributed by atoms with Crippen molar-refractivity contribution in [2.24, 2.45) is 7.05 Å². The SMILES string of the molecule is Cc1cc([C@@H](C)Nc2ccc(Cl)nc2C(=O)O)c2nc(N3Cc4ccccc4C3)n(Cc3ncn(C)n3)c(=O)c2c1. The number of carbonyl (C=O) groups is 1. The van der Waals surface area contributed by atoms with Crippen molar-refractivity contribution >= 4 is 40.1 Å². The molecule has 1 aliphatic rings. The largest absolute Gasteiger partial charge is 0.476 e. The number of anilines is 2. The number of rotatable bonds is 7. The van der Waals surface area contributed by atoms with Crippen LogP contribution in [0.25, 0.3) is 10.9 Å². The second-order valence-electron chi connectivity index (χ2n) is 10.2. The molecule has 0 bridgehead atoms. The van der Waals surface area contributed by atoms with Gasteiger partial charge in [0, 0.05) is 25.7 Å². The zero-order valence-electron chi connectivity index (χ0n) is 22.7. The van der Waals surface area contributed by atoms with Crippen molar-refractivity contribution in [2.75, 3.05) is 10.2 Å². The number of aryl methyl sites for hydroxylation is 2. The van der Waals surface area contributed by atoms with Crippen molar-refractivity contribution in [3.05, 3.63) is 104 Å². The molecule has 11 nitrogen and oxygen atoms in total. The monoisotopic (exact) mass is 570 g/mol. The van der Waals surface area contributed by atoms with Crippen LogP contribution in [0.5, 0.6) is 0 Å². The molecule has 4 heterocycles. The third-order valence-electron chi connectivity index (χ3n) is 7.19. The van der Waals surface area contributed by atoms with Gasteiger partial charge < -0.3 is 15.3 Å². The number of aromatic carboxylic acids is 1. The summed E-state index contributed by atoms with van der Waals surface area (Å²) in [7, 11) is 1.78. The molecular formula is C29H27ClN8O3. The van der Waals surface area contributed by atoms with Crippen LogP contribution in [0.15, 0.2) is 59.7 Å². The predicted molar refractivity (Wildman–Crippen MR) is 155 cm³/mol. The van der Waals surface area contributed by atoms with E-state index in [-0.39, 0.29) is 23.0 Å². The highest BCUT2D eigenvalue weighted by Gasteiger charge is 2.26. The number of aromatic nitrogens is 6. The van der Waals surface area contributed by atoms with Crippen molar-refractivity contribution in [2.45, 2.75) is 39.5 Å². The Balaban J connectivity index is 1.50. The van der Waals surface area contributed by atoms with Gasteiger partial charge in [-0.05, 0) is 48.7 Å². The molecule has 0 spiro atoms. The van der Waals surface area contributed by atoms with Gasteiger partial charge in [0.2, 0.25) is 5.95 Å². The first kappa shape index (κ1) is 26.5. The number of hydrogen-bond acceptors (Lipinski definition) is 8. The number of carboxylic acids is 1. The van der Waals surface area contributed by atoms with E-state index in [1.54, 1.807) is 28.7 Å². The van der Waals surface area contributed by atoms with Gasteiger partial charge in [-0.25, -0.2) is 19.7 Å². The quantitative estimate of drug-likeness (QED) is 0.275. The first-order chi connectivity index (χ1) is 19.7. The number of fused-ring (bicyclic) bond motifs is 2. The van der Waals surface area contributed by atoms with Crippen LogP contribution in [0.4, 0.5) is 11.6 Å². The number of benzene rings is 2. The van der Waals surface area contributed by atoms with Crippen molar-refractivity contribution in [3.63, 3.8) is 0 Å². The van der Waals surface area contributed by atoms with Crippen LogP contribution >= 0.6 is 11.6 Å². The van der Waals surface area contributed by atoms with Crippen LogP contribution in [-0.2, 0) is 26.7 Å². The van der Waals surface area contributed by atoms with E-state index in [0.29, 0.717) is 41.5 Å². The third-order valence-corrected chi connectivity index (χ3v) is 7.40. The van der Waals surface area contributed by atoms with Gasteiger partial charge in [0.1, 0.15) is 11.5 Å². The highest BCUT2D eigenvalue weighted by Crippen LogP contribution is 2.32. The van der Waals surface area contributed by atoms with Gasteiger partial charge in [-0.15, -0.1) is 0 Å². The molecule has 1 aliphatic heterocycles. The average Bonchev–Trinajstić information content (AvgIpc) is 3.56. The molecule has 2 aromatic carbocycles. The second kappa shape index (κ2) is 10.3. The maximum absolute atomic E-state index is 14.2. The molecule has 1 atom stereocenters. The molecule has 0 aliphatic carbocycles. The Bertz CT molecular complexity index is 1860. The summed E-state index contributed by atoms with van der Waals surface area (Å²) in [5, 5.41) is 17.9. The molecule has 41 heavy (non-hydrogen) atoms. The molecule has 0 radical (unpaired) electrons. The second-order valence-corrected chi connectivity index (χ2v) is 10.6. The molecule has 208 valence electrons. The van der Waals surface area contributed by atoms with Crippen molar-refractivity contribution < 1.29 is 9.90 Å². The Kier molecular flexibility index (Phi) is 6.66. The number of pyridine rings is 1. The number of nitrogens with zero attached hydrogens (tertiary/aromatic N) is 7. The Hall–Kier alpha value is -4.77. The van der Waals surface area contributed by atoms with Crippen LogP contribution in [0, 0.1) is 6.92 Å². The van der Waals surface area contributed by atoms with E-state index in [1.165, 1.54) is 17.2 Å². The summed E-state index contributed by atoms with van der Waals surface area (Å²) in [5.41, 5.74) is 4.45. The van der Waals surface area contributed by atoms with E-state index in [4.69, 9.17) is 16.6 Å². The Morgan fingerprint density at radius 2 is 1.85 bits per heavy atom.